The maximum atomic E-state index is 13.2. The van der Waals surface area contributed by atoms with Crippen LogP contribution in [-0.4, -0.2) is 62.9 Å². The van der Waals surface area contributed by atoms with Crippen molar-refractivity contribution in [1.82, 2.24) is 9.21 Å². The van der Waals surface area contributed by atoms with Crippen molar-refractivity contribution < 1.29 is 17.9 Å². The largest absolute Gasteiger partial charge is 0.495 e. The Hall–Kier alpha value is -1.64. The Labute approximate surface area is 161 Å². The van der Waals surface area contributed by atoms with E-state index in [0.717, 1.165) is 38.5 Å². The lowest BCUT2D eigenvalue weighted by Crippen LogP contribution is -2.40. The fraction of sp³-hybridized carbons (Fsp3) is 0.632. The number of ether oxygens (including phenoxy) is 1. The predicted molar refractivity (Wildman–Crippen MR) is 103 cm³/mol. The lowest BCUT2D eigenvalue weighted by Gasteiger charge is -2.25. The molecule has 1 aromatic rings. The zero-order valence-electron chi connectivity index (χ0n) is 15.9. The van der Waals surface area contributed by atoms with Gasteiger partial charge in [0.1, 0.15) is 10.6 Å². The van der Waals surface area contributed by atoms with E-state index in [1.165, 1.54) is 17.5 Å². The summed E-state index contributed by atoms with van der Waals surface area (Å²) in [6, 6.07) is 4.69. The number of amides is 1. The minimum absolute atomic E-state index is 0.0188. The van der Waals surface area contributed by atoms with Crippen molar-refractivity contribution in [3.05, 3.63) is 23.8 Å². The summed E-state index contributed by atoms with van der Waals surface area (Å²) in [7, 11) is -2.27. The van der Waals surface area contributed by atoms with Crippen molar-refractivity contribution in [2.24, 2.45) is 5.73 Å². The lowest BCUT2D eigenvalue weighted by atomic mass is 10.1. The van der Waals surface area contributed by atoms with E-state index in [0.29, 0.717) is 31.7 Å². The fourth-order valence-corrected chi connectivity index (χ4v) is 5.64. The number of likely N-dealkylation sites (tertiary alicyclic amines) is 1. The summed E-state index contributed by atoms with van der Waals surface area (Å²) >= 11 is 0. The molecule has 2 aliphatic heterocycles. The van der Waals surface area contributed by atoms with Gasteiger partial charge in [-0.05, 0) is 43.9 Å². The number of nitrogens with two attached hydrogens (primary N) is 1. The van der Waals surface area contributed by atoms with Crippen molar-refractivity contribution in [1.29, 1.82) is 0 Å². The molecule has 2 N–H and O–H groups in total. The highest BCUT2D eigenvalue weighted by molar-refractivity contribution is 7.89. The Morgan fingerprint density at radius 2 is 1.85 bits per heavy atom. The molecule has 2 fully saturated rings. The zero-order chi connectivity index (χ0) is 19.4. The van der Waals surface area contributed by atoms with Crippen LogP contribution in [0.2, 0.25) is 0 Å². The third-order valence-corrected chi connectivity index (χ3v) is 7.42. The minimum Gasteiger partial charge on any atom is -0.495 e. The molecule has 0 saturated carbocycles. The summed E-state index contributed by atoms with van der Waals surface area (Å²) in [5, 5.41) is 0. The first kappa shape index (κ1) is 20.1. The van der Waals surface area contributed by atoms with Gasteiger partial charge in [-0.15, -0.1) is 0 Å². The van der Waals surface area contributed by atoms with E-state index < -0.39 is 10.0 Å². The van der Waals surface area contributed by atoms with E-state index >= 15 is 0 Å². The molecular formula is C19H29N3O4S. The van der Waals surface area contributed by atoms with E-state index in [4.69, 9.17) is 10.5 Å². The second-order valence-corrected chi connectivity index (χ2v) is 9.12. The van der Waals surface area contributed by atoms with Gasteiger partial charge in [-0.25, -0.2) is 8.42 Å². The first-order valence-electron chi connectivity index (χ1n) is 9.68. The van der Waals surface area contributed by atoms with Crippen LogP contribution in [0.4, 0.5) is 0 Å². The van der Waals surface area contributed by atoms with Crippen molar-refractivity contribution in [3.8, 4) is 5.75 Å². The highest BCUT2D eigenvalue weighted by Gasteiger charge is 2.32. The quantitative estimate of drug-likeness (QED) is 0.821. The molecule has 7 nitrogen and oxygen atoms in total. The van der Waals surface area contributed by atoms with Crippen LogP contribution in [0, 0.1) is 0 Å². The number of hydrogen-bond donors (Lipinski definition) is 1. The molecule has 2 heterocycles. The highest BCUT2D eigenvalue weighted by atomic mass is 32.2. The van der Waals surface area contributed by atoms with Crippen LogP contribution >= 0.6 is 0 Å². The summed E-state index contributed by atoms with van der Waals surface area (Å²) in [5.74, 6) is 0.102. The molecule has 2 saturated heterocycles. The van der Waals surface area contributed by atoms with Gasteiger partial charge in [0.05, 0.1) is 7.11 Å². The molecule has 1 aromatic carbocycles. The van der Waals surface area contributed by atoms with Gasteiger partial charge in [0.15, 0.2) is 0 Å². The third-order valence-electron chi connectivity index (χ3n) is 5.50. The van der Waals surface area contributed by atoms with Crippen molar-refractivity contribution in [3.63, 3.8) is 0 Å². The van der Waals surface area contributed by atoms with Gasteiger partial charge in [0, 0.05) is 37.8 Å². The zero-order valence-corrected chi connectivity index (χ0v) is 16.7. The summed E-state index contributed by atoms with van der Waals surface area (Å²) < 4.78 is 33.3. The molecule has 0 aliphatic carbocycles. The van der Waals surface area contributed by atoms with Crippen molar-refractivity contribution in [2.45, 2.75) is 49.5 Å². The van der Waals surface area contributed by atoms with Crippen LogP contribution in [-0.2, 0) is 10.0 Å². The molecule has 0 spiro atoms. The van der Waals surface area contributed by atoms with Crippen LogP contribution in [0.1, 0.15) is 48.9 Å². The van der Waals surface area contributed by atoms with Crippen LogP contribution in [0.5, 0.6) is 5.75 Å². The number of nitrogens with zero attached hydrogens (tertiary/aromatic N) is 2. The van der Waals surface area contributed by atoms with Gasteiger partial charge in [-0.1, -0.05) is 12.8 Å². The van der Waals surface area contributed by atoms with Gasteiger partial charge in [-0.2, -0.15) is 4.31 Å². The molecule has 0 bridgehead atoms. The molecule has 27 heavy (non-hydrogen) atoms. The van der Waals surface area contributed by atoms with Gasteiger partial charge in [-0.3, -0.25) is 4.79 Å². The maximum absolute atomic E-state index is 13.2. The Kier molecular flexibility index (Phi) is 6.39. The second-order valence-electron chi connectivity index (χ2n) is 7.21. The smallest absolute Gasteiger partial charge is 0.254 e. The molecule has 1 amide bonds. The molecule has 1 unspecified atom stereocenters. The summed E-state index contributed by atoms with van der Waals surface area (Å²) in [4.78, 5) is 14.8. The Bertz CT molecular complexity index is 773. The number of methoxy groups -OCH3 is 1. The van der Waals surface area contributed by atoms with E-state index in [-0.39, 0.29) is 22.6 Å². The summed E-state index contributed by atoms with van der Waals surface area (Å²) in [6.45, 7) is 2.08. The molecule has 3 rings (SSSR count). The van der Waals surface area contributed by atoms with E-state index in [2.05, 4.69) is 0 Å². The Morgan fingerprint density at radius 3 is 2.48 bits per heavy atom. The van der Waals surface area contributed by atoms with Gasteiger partial charge >= 0.3 is 0 Å². The predicted octanol–water partition coefficient (Wildman–Crippen LogP) is 1.82. The minimum atomic E-state index is -3.71. The highest BCUT2D eigenvalue weighted by Crippen LogP contribution is 2.30. The molecular weight excluding hydrogens is 366 g/mol. The molecule has 0 aromatic heterocycles. The first-order valence-corrected chi connectivity index (χ1v) is 11.1. The van der Waals surface area contributed by atoms with E-state index in [1.807, 2.05) is 0 Å². The van der Waals surface area contributed by atoms with Crippen LogP contribution in [0.15, 0.2) is 23.1 Å². The summed E-state index contributed by atoms with van der Waals surface area (Å²) in [5.41, 5.74) is 6.15. The van der Waals surface area contributed by atoms with Gasteiger partial charge < -0.3 is 15.4 Å². The SMILES string of the molecule is COc1ccc(C(=O)N2CCCC2CN)cc1S(=O)(=O)N1CCCCCC1. The van der Waals surface area contributed by atoms with Crippen LogP contribution in [0.25, 0.3) is 0 Å². The average Bonchev–Trinajstić information content (AvgIpc) is 2.99. The Balaban J connectivity index is 1.95. The second kappa shape index (κ2) is 8.58. The molecule has 0 radical (unpaired) electrons. The average molecular weight is 396 g/mol. The topological polar surface area (TPSA) is 92.9 Å². The molecule has 1 atom stereocenters. The number of carbonyl (C=O) groups excluding carboxylic acids is 1. The number of carbonyl (C=O) groups is 1. The van der Waals surface area contributed by atoms with E-state index in [1.54, 1.807) is 17.0 Å². The maximum Gasteiger partial charge on any atom is 0.254 e. The lowest BCUT2D eigenvalue weighted by molar-refractivity contribution is 0.0741. The monoisotopic (exact) mass is 395 g/mol. The molecule has 2 aliphatic rings. The van der Waals surface area contributed by atoms with E-state index in [9.17, 15) is 13.2 Å². The molecule has 150 valence electrons. The van der Waals surface area contributed by atoms with Crippen LogP contribution < -0.4 is 10.5 Å². The number of sulfonamides is 1. The fourth-order valence-electron chi connectivity index (χ4n) is 3.95. The normalized spacial score (nSPS) is 21.9. The first-order chi connectivity index (χ1) is 13.0. The Morgan fingerprint density at radius 1 is 1.15 bits per heavy atom. The number of rotatable bonds is 5. The number of benzene rings is 1. The number of hydrogen-bond acceptors (Lipinski definition) is 5. The standard InChI is InChI=1S/C19H29N3O4S/c1-26-17-9-8-15(19(23)22-12-6-7-16(22)14-20)13-18(17)27(24,25)21-10-4-2-3-5-11-21/h8-9,13,16H,2-7,10-12,14,20H2,1H3. The van der Waals surface area contributed by atoms with Gasteiger partial charge in [0.2, 0.25) is 10.0 Å². The van der Waals surface area contributed by atoms with Crippen molar-refractivity contribution in [2.75, 3.05) is 33.3 Å². The third kappa shape index (κ3) is 4.12. The van der Waals surface area contributed by atoms with Crippen LogP contribution in [0.3, 0.4) is 0 Å². The summed E-state index contributed by atoms with van der Waals surface area (Å²) in [6.07, 6.45) is 5.59. The van der Waals surface area contributed by atoms with Gasteiger partial charge in [0.25, 0.3) is 5.91 Å². The molecule has 8 heteroatoms. The van der Waals surface area contributed by atoms with Crippen molar-refractivity contribution >= 4 is 15.9 Å².